The molecule has 0 spiro atoms. The molecule has 3 heterocycles. The summed E-state index contributed by atoms with van der Waals surface area (Å²) in [6.07, 6.45) is 0.627. The van der Waals surface area contributed by atoms with Crippen LogP contribution in [0.5, 0.6) is 11.5 Å². The van der Waals surface area contributed by atoms with Crippen molar-refractivity contribution in [3.63, 3.8) is 0 Å². The number of nitrogens with two attached hydrogens (primary N) is 1. The van der Waals surface area contributed by atoms with Gasteiger partial charge in [-0.2, -0.15) is 0 Å². The van der Waals surface area contributed by atoms with E-state index in [1.54, 1.807) is 32.3 Å². The molecule has 2 aromatic carbocycles. The number of carbonyl (C=O) groups is 2. The number of aromatic nitrogens is 2. The second-order valence-electron chi connectivity index (χ2n) is 11.2. The summed E-state index contributed by atoms with van der Waals surface area (Å²) in [6, 6.07) is 12.2. The lowest BCUT2D eigenvalue weighted by molar-refractivity contribution is -0.00108. The first-order valence-electron chi connectivity index (χ1n) is 13.6. The summed E-state index contributed by atoms with van der Waals surface area (Å²) in [5.74, 6) is 0.254. The van der Waals surface area contributed by atoms with Crippen molar-refractivity contribution < 1.29 is 28.6 Å². The number of ether oxygens (including phenoxy) is 2. The number of fused-ring (bicyclic) bond motifs is 1. The van der Waals surface area contributed by atoms with Crippen LogP contribution in [0.1, 0.15) is 55.0 Å². The fraction of sp³-hybridized carbons (Fsp3) is 0.367. The van der Waals surface area contributed by atoms with Gasteiger partial charge >= 0.3 is 6.09 Å². The van der Waals surface area contributed by atoms with Crippen LogP contribution in [0.4, 0.5) is 9.18 Å². The minimum Gasteiger partial charge on any atom is -0.489 e. The Kier molecular flexibility index (Phi) is 8.92. The van der Waals surface area contributed by atoms with Gasteiger partial charge < -0.3 is 25.2 Å². The molecule has 9 nitrogen and oxygen atoms in total. The molecular weight excluding hydrogens is 663 g/mol. The smallest absolute Gasteiger partial charge is 0.407 e. The third-order valence-electron chi connectivity index (χ3n) is 7.73. The van der Waals surface area contributed by atoms with Crippen molar-refractivity contribution >= 4 is 61.9 Å². The Morgan fingerprint density at radius 1 is 1.28 bits per heavy atom. The topological polar surface area (TPSA) is 120 Å². The first-order chi connectivity index (χ1) is 20.4. The predicted octanol–water partition coefficient (Wildman–Crippen LogP) is 7.63. The molecule has 2 amide bonds. The molecule has 3 N–H and O–H groups in total. The van der Waals surface area contributed by atoms with E-state index in [0.717, 1.165) is 5.56 Å². The van der Waals surface area contributed by atoms with Crippen molar-refractivity contribution in [1.29, 1.82) is 0 Å². The maximum atomic E-state index is 13.9. The summed E-state index contributed by atoms with van der Waals surface area (Å²) in [4.78, 5) is 30.3. The molecule has 5 rings (SSSR count). The number of benzene rings is 2. The van der Waals surface area contributed by atoms with E-state index in [-0.39, 0.29) is 17.5 Å². The zero-order valence-corrected chi connectivity index (χ0v) is 26.9. The van der Waals surface area contributed by atoms with Gasteiger partial charge in [-0.1, -0.05) is 43.6 Å². The van der Waals surface area contributed by atoms with E-state index in [0.29, 0.717) is 49.9 Å². The number of nitrogens with zero attached hydrogens (tertiary/aromatic N) is 3. The normalized spacial score (nSPS) is 18.0. The van der Waals surface area contributed by atoms with Crippen molar-refractivity contribution in [3.8, 4) is 16.5 Å². The fourth-order valence-corrected chi connectivity index (χ4v) is 7.00. The van der Waals surface area contributed by atoms with Crippen molar-refractivity contribution in [2.45, 2.75) is 51.9 Å². The highest BCUT2D eigenvalue weighted by atomic mass is 79.9. The summed E-state index contributed by atoms with van der Waals surface area (Å²) in [6.45, 7) is 4.89. The van der Waals surface area contributed by atoms with E-state index >= 15 is 0 Å². The van der Waals surface area contributed by atoms with Crippen molar-refractivity contribution in [2.24, 2.45) is 11.1 Å². The molecule has 3 atom stereocenters. The number of carboxylic acid groups (broad SMARTS) is 1. The molecule has 0 saturated carbocycles. The van der Waals surface area contributed by atoms with Crippen LogP contribution in [-0.2, 0) is 0 Å². The molecule has 13 heteroatoms. The molecule has 2 unspecified atom stereocenters. The quantitative estimate of drug-likeness (QED) is 0.186. The zero-order valence-electron chi connectivity index (χ0n) is 23.7. The number of amides is 2. The summed E-state index contributed by atoms with van der Waals surface area (Å²) in [7, 11) is 0. The Hall–Kier alpha value is -3.35. The van der Waals surface area contributed by atoms with E-state index in [1.165, 1.54) is 16.2 Å². The first kappa shape index (κ1) is 31.1. The monoisotopic (exact) mass is 692 g/mol. The van der Waals surface area contributed by atoms with Crippen LogP contribution >= 0.6 is 38.9 Å². The van der Waals surface area contributed by atoms with Gasteiger partial charge in [-0.25, -0.2) is 9.78 Å². The fourth-order valence-electron chi connectivity index (χ4n) is 5.35. The number of halogens is 3. The van der Waals surface area contributed by atoms with Gasteiger partial charge in [-0.05, 0) is 35.0 Å². The van der Waals surface area contributed by atoms with Crippen LogP contribution in [-0.4, -0.2) is 56.9 Å². The van der Waals surface area contributed by atoms with Crippen LogP contribution in [0.3, 0.4) is 0 Å². The minimum absolute atomic E-state index is 0.242. The van der Waals surface area contributed by atoms with Crippen LogP contribution in [0.15, 0.2) is 53.3 Å². The highest BCUT2D eigenvalue weighted by Gasteiger charge is 2.42. The molecule has 1 saturated heterocycles. The highest BCUT2D eigenvalue weighted by molar-refractivity contribution is 9.10. The van der Waals surface area contributed by atoms with Crippen LogP contribution < -0.4 is 15.2 Å². The number of alkyl halides is 1. The van der Waals surface area contributed by atoms with Gasteiger partial charge in [0.2, 0.25) is 0 Å². The van der Waals surface area contributed by atoms with Gasteiger partial charge in [0, 0.05) is 53.6 Å². The van der Waals surface area contributed by atoms with Gasteiger partial charge in [0.25, 0.3) is 5.91 Å². The van der Waals surface area contributed by atoms with Gasteiger partial charge in [0.05, 0.1) is 22.2 Å². The lowest BCUT2D eigenvalue weighted by atomic mass is 9.79. The summed E-state index contributed by atoms with van der Waals surface area (Å²) in [5, 5.41) is 10.9. The molecule has 0 aliphatic carbocycles. The SMILES string of the molecule is C[C@@H](Oc1cc(-n2cnc3cc(Br)c(OC4CCN(C(=O)O)C(C(C)(C)CF)C4)cc32)sc1C(N)=O)c1ccccc1Cl. The second kappa shape index (κ2) is 12.3. The number of imidazole rings is 1. The Balaban J connectivity index is 1.44. The maximum Gasteiger partial charge on any atom is 0.407 e. The summed E-state index contributed by atoms with van der Waals surface area (Å²) < 4.78 is 28.9. The lowest BCUT2D eigenvalue weighted by Gasteiger charge is -2.44. The number of hydrogen-bond acceptors (Lipinski definition) is 6. The summed E-state index contributed by atoms with van der Waals surface area (Å²) in [5.41, 5.74) is 7.02. The summed E-state index contributed by atoms with van der Waals surface area (Å²) >= 11 is 11.1. The van der Waals surface area contributed by atoms with Gasteiger partial charge in [-0.15, -0.1) is 11.3 Å². The molecule has 4 aromatic rings. The average Bonchev–Trinajstić information content (AvgIpc) is 3.57. The van der Waals surface area contributed by atoms with E-state index in [2.05, 4.69) is 20.9 Å². The van der Waals surface area contributed by atoms with Gasteiger partial charge in [-0.3, -0.25) is 13.8 Å². The molecule has 43 heavy (non-hydrogen) atoms. The van der Waals surface area contributed by atoms with Crippen molar-refractivity contribution in [3.05, 3.63) is 68.7 Å². The average molecular weight is 694 g/mol. The standard InChI is InChI=1S/C30H31BrClFN4O5S/c1-16(18-6-4-5-7-20(18)32)41-24-13-26(43-27(24)28(34)38)37-15-35-21-11-19(31)23(12-22(21)37)42-17-8-9-36(29(39)40)25(10-17)30(2,3)14-33/h4-7,11-13,15-17,25H,8-10,14H2,1-3H3,(H2,34,38)(H,39,40)/t16-,17?,25?/m1/s1. The number of primary amides is 1. The largest absolute Gasteiger partial charge is 0.489 e. The Bertz CT molecular complexity index is 1680. The van der Waals surface area contributed by atoms with E-state index in [4.69, 9.17) is 26.8 Å². The molecule has 1 fully saturated rings. The highest BCUT2D eigenvalue weighted by Crippen LogP contribution is 2.40. The number of piperidine rings is 1. The van der Waals surface area contributed by atoms with Gasteiger partial charge in [0.1, 0.15) is 39.9 Å². The number of likely N-dealkylation sites (tertiary alicyclic amines) is 1. The van der Waals surface area contributed by atoms with Crippen molar-refractivity contribution in [2.75, 3.05) is 13.2 Å². The number of rotatable bonds is 9. The van der Waals surface area contributed by atoms with Crippen LogP contribution in [0, 0.1) is 5.41 Å². The molecule has 1 aliphatic rings. The third-order valence-corrected chi connectivity index (χ3v) is 9.83. The van der Waals surface area contributed by atoms with Crippen molar-refractivity contribution in [1.82, 2.24) is 14.5 Å². The van der Waals surface area contributed by atoms with E-state index < -0.39 is 36.2 Å². The third kappa shape index (κ3) is 6.32. The van der Waals surface area contributed by atoms with Crippen LogP contribution in [0.25, 0.3) is 16.0 Å². The van der Waals surface area contributed by atoms with Crippen LogP contribution in [0.2, 0.25) is 5.02 Å². The number of thiophene rings is 1. The molecule has 2 aromatic heterocycles. The molecule has 1 aliphatic heterocycles. The Morgan fingerprint density at radius 2 is 2.02 bits per heavy atom. The Labute approximate surface area is 265 Å². The second-order valence-corrected chi connectivity index (χ2v) is 13.5. The lowest BCUT2D eigenvalue weighted by Crippen LogP contribution is -2.55. The zero-order chi connectivity index (χ0) is 31.1. The predicted molar refractivity (Wildman–Crippen MR) is 168 cm³/mol. The Morgan fingerprint density at radius 3 is 2.70 bits per heavy atom. The molecular formula is C30H31BrClFN4O5S. The number of hydrogen-bond donors (Lipinski definition) is 2. The molecule has 0 bridgehead atoms. The van der Waals surface area contributed by atoms with E-state index in [1.807, 2.05) is 41.8 Å². The van der Waals surface area contributed by atoms with E-state index in [9.17, 15) is 19.1 Å². The first-order valence-corrected chi connectivity index (χ1v) is 15.6. The minimum atomic E-state index is -1.06. The molecule has 0 radical (unpaired) electrons. The maximum absolute atomic E-state index is 13.9. The molecule has 228 valence electrons. The van der Waals surface area contributed by atoms with Gasteiger partial charge in [0.15, 0.2) is 0 Å². The number of carbonyl (C=O) groups excluding carboxylic acids is 1.